The summed E-state index contributed by atoms with van der Waals surface area (Å²) in [6.07, 6.45) is 1.54. The first kappa shape index (κ1) is 11.8. The summed E-state index contributed by atoms with van der Waals surface area (Å²) in [7, 11) is 1.64. The smallest absolute Gasteiger partial charge is 0.141 e. The van der Waals surface area contributed by atoms with Gasteiger partial charge in [0.15, 0.2) is 0 Å². The third-order valence-corrected chi connectivity index (χ3v) is 3.03. The molecule has 5 heteroatoms. The van der Waals surface area contributed by atoms with Crippen molar-refractivity contribution in [3.8, 4) is 5.75 Å². The molecule has 17 heavy (non-hydrogen) atoms. The number of para-hydroxylation sites is 1. The number of rotatable bonds is 3. The van der Waals surface area contributed by atoms with Crippen molar-refractivity contribution in [2.75, 3.05) is 12.8 Å². The first-order chi connectivity index (χ1) is 8.15. The number of hydrogen-bond acceptors (Lipinski definition) is 3. The molecule has 90 valence electrons. The Morgan fingerprint density at radius 2 is 2.12 bits per heavy atom. The van der Waals surface area contributed by atoms with Crippen LogP contribution in [0.2, 0.25) is 5.02 Å². The molecule has 2 rings (SSSR count). The van der Waals surface area contributed by atoms with Gasteiger partial charge < -0.3 is 10.5 Å². The monoisotopic (exact) mass is 251 g/mol. The van der Waals surface area contributed by atoms with Crippen molar-refractivity contribution in [2.24, 2.45) is 0 Å². The number of ether oxygens (including phenoxy) is 1. The van der Waals surface area contributed by atoms with Crippen molar-refractivity contribution in [2.45, 2.75) is 13.0 Å². The van der Waals surface area contributed by atoms with E-state index in [-0.39, 0.29) is 6.04 Å². The third kappa shape index (κ3) is 2.08. The Bertz CT molecular complexity index is 524. The Morgan fingerprint density at radius 1 is 1.41 bits per heavy atom. The van der Waals surface area contributed by atoms with E-state index < -0.39 is 0 Å². The van der Waals surface area contributed by atoms with Gasteiger partial charge in [-0.2, -0.15) is 5.10 Å². The molecule has 0 aliphatic carbocycles. The van der Waals surface area contributed by atoms with E-state index in [9.17, 15) is 0 Å². The molecule has 0 saturated heterocycles. The van der Waals surface area contributed by atoms with Gasteiger partial charge in [-0.25, -0.2) is 4.68 Å². The molecule has 4 nitrogen and oxygen atoms in total. The number of nitrogen functional groups attached to an aromatic ring is 1. The van der Waals surface area contributed by atoms with E-state index in [0.29, 0.717) is 10.8 Å². The second kappa shape index (κ2) is 4.67. The standard InChI is InChI=1S/C12H14ClN3O/c1-8(16-12(14)10(13)7-15-16)9-5-3-4-6-11(9)17-2/h3-8H,14H2,1-2H3. The SMILES string of the molecule is COc1ccccc1C(C)n1ncc(Cl)c1N. The van der Waals surface area contributed by atoms with Gasteiger partial charge in [-0.15, -0.1) is 0 Å². The van der Waals surface area contributed by atoms with E-state index in [1.54, 1.807) is 18.0 Å². The molecule has 0 aliphatic heterocycles. The predicted molar refractivity (Wildman–Crippen MR) is 68.5 cm³/mol. The molecule has 2 aromatic rings. The van der Waals surface area contributed by atoms with Crippen LogP contribution >= 0.6 is 11.6 Å². The zero-order chi connectivity index (χ0) is 12.4. The maximum absolute atomic E-state index is 5.90. The van der Waals surface area contributed by atoms with Crippen molar-refractivity contribution in [1.82, 2.24) is 9.78 Å². The molecule has 1 heterocycles. The topological polar surface area (TPSA) is 53.1 Å². The van der Waals surface area contributed by atoms with Gasteiger partial charge in [0.2, 0.25) is 0 Å². The number of anilines is 1. The van der Waals surface area contributed by atoms with Crippen LogP contribution in [0.5, 0.6) is 5.75 Å². The van der Waals surface area contributed by atoms with Gasteiger partial charge in [0.05, 0.1) is 19.3 Å². The Kier molecular flexibility index (Phi) is 3.24. The van der Waals surface area contributed by atoms with E-state index in [1.165, 1.54) is 0 Å². The summed E-state index contributed by atoms with van der Waals surface area (Å²) in [5.74, 6) is 1.27. The van der Waals surface area contributed by atoms with Crippen molar-refractivity contribution in [3.05, 3.63) is 41.0 Å². The van der Waals surface area contributed by atoms with Crippen LogP contribution in [0.15, 0.2) is 30.5 Å². The summed E-state index contributed by atoms with van der Waals surface area (Å²) in [5.41, 5.74) is 6.88. The summed E-state index contributed by atoms with van der Waals surface area (Å²) >= 11 is 5.90. The minimum Gasteiger partial charge on any atom is -0.496 e. The van der Waals surface area contributed by atoms with Crippen LogP contribution in [0.4, 0.5) is 5.82 Å². The second-order valence-corrected chi connectivity index (χ2v) is 4.15. The molecule has 0 saturated carbocycles. The van der Waals surface area contributed by atoms with Crippen molar-refractivity contribution < 1.29 is 4.74 Å². The lowest BCUT2D eigenvalue weighted by Crippen LogP contribution is -2.12. The fraction of sp³-hybridized carbons (Fsp3) is 0.250. The number of aromatic nitrogens is 2. The van der Waals surface area contributed by atoms with Gasteiger partial charge in [-0.1, -0.05) is 29.8 Å². The summed E-state index contributed by atoms with van der Waals surface area (Å²) in [5, 5.41) is 4.64. The molecule has 1 atom stereocenters. The number of nitrogens with two attached hydrogens (primary N) is 1. The first-order valence-corrected chi connectivity index (χ1v) is 5.64. The second-order valence-electron chi connectivity index (χ2n) is 3.74. The van der Waals surface area contributed by atoms with Crippen LogP contribution < -0.4 is 10.5 Å². The highest BCUT2D eigenvalue weighted by molar-refractivity contribution is 6.32. The molecule has 1 aromatic heterocycles. The van der Waals surface area contributed by atoms with Crippen LogP contribution in [-0.4, -0.2) is 16.9 Å². The number of halogens is 1. The minimum atomic E-state index is -0.0290. The van der Waals surface area contributed by atoms with Crippen LogP contribution in [0.3, 0.4) is 0 Å². The van der Waals surface area contributed by atoms with Crippen LogP contribution in [0.1, 0.15) is 18.5 Å². The van der Waals surface area contributed by atoms with Gasteiger partial charge in [0.1, 0.15) is 16.6 Å². The maximum atomic E-state index is 5.90. The highest BCUT2D eigenvalue weighted by Gasteiger charge is 2.16. The van der Waals surface area contributed by atoms with E-state index in [2.05, 4.69) is 5.10 Å². The first-order valence-electron chi connectivity index (χ1n) is 5.26. The number of hydrogen-bond donors (Lipinski definition) is 1. The molecule has 0 radical (unpaired) electrons. The summed E-state index contributed by atoms with van der Waals surface area (Å²) in [6.45, 7) is 2.00. The Labute approximate surface area is 105 Å². The highest BCUT2D eigenvalue weighted by atomic mass is 35.5. The van der Waals surface area contributed by atoms with E-state index >= 15 is 0 Å². The highest BCUT2D eigenvalue weighted by Crippen LogP contribution is 2.30. The van der Waals surface area contributed by atoms with Crippen molar-refractivity contribution in [1.29, 1.82) is 0 Å². The Balaban J connectivity index is 2.43. The van der Waals surface area contributed by atoms with Crippen LogP contribution in [-0.2, 0) is 0 Å². The zero-order valence-corrected chi connectivity index (χ0v) is 10.5. The summed E-state index contributed by atoms with van der Waals surface area (Å²) in [4.78, 5) is 0. The number of benzene rings is 1. The molecule has 2 N–H and O–H groups in total. The fourth-order valence-electron chi connectivity index (χ4n) is 1.80. The molecular formula is C12H14ClN3O. The molecule has 0 amide bonds. The van der Waals surface area contributed by atoms with Gasteiger partial charge in [0, 0.05) is 5.56 Å². The average molecular weight is 252 g/mol. The molecule has 0 fully saturated rings. The normalized spacial score (nSPS) is 12.4. The minimum absolute atomic E-state index is 0.0290. The molecule has 0 bridgehead atoms. The van der Waals surface area contributed by atoms with E-state index in [4.69, 9.17) is 22.1 Å². The molecule has 1 aromatic carbocycles. The molecular weight excluding hydrogens is 238 g/mol. The predicted octanol–water partition coefficient (Wildman–Crippen LogP) is 2.74. The van der Waals surface area contributed by atoms with Gasteiger partial charge >= 0.3 is 0 Å². The lowest BCUT2D eigenvalue weighted by molar-refractivity contribution is 0.401. The van der Waals surface area contributed by atoms with Crippen molar-refractivity contribution >= 4 is 17.4 Å². The molecule has 0 spiro atoms. The Morgan fingerprint density at radius 3 is 2.71 bits per heavy atom. The third-order valence-electron chi connectivity index (χ3n) is 2.74. The fourth-order valence-corrected chi connectivity index (χ4v) is 1.93. The Hall–Kier alpha value is -1.68. The quantitative estimate of drug-likeness (QED) is 0.913. The lowest BCUT2D eigenvalue weighted by atomic mass is 10.1. The number of methoxy groups -OCH3 is 1. The van der Waals surface area contributed by atoms with E-state index in [1.807, 2.05) is 31.2 Å². The summed E-state index contributed by atoms with van der Waals surface area (Å²) < 4.78 is 7.00. The van der Waals surface area contributed by atoms with Gasteiger partial charge in [-0.05, 0) is 13.0 Å². The molecule has 0 aliphatic rings. The maximum Gasteiger partial charge on any atom is 0.141 e. The largest absolute Gasteiger partial charge is 0.496 e. The van der Waals surface area contributed by atoms with Crippen LogP contribution in [0, 0.1) is 0 Å². The summed E-state index contributed by atoms with van der Waals surface area (Å²) in [6, 6.07) is 7.74. The molecule has 1 unspecified atom stereocenters. The lowest BCUT2D eigenvalue weighted by Gasteiger charge is -2.17. The van der Waals surface area contributed by atoms with Gasteiger partial charge in [0.25, 0.3) is 0 Å². The van der Waals surface area contributed by atoms with E-state index in [0.717, 1.165) is 11.3 Å². The van der Waals surface area contributed by atoms with Crippen LogP contribution in [0.25, 0.3) is 0 Å². The van der Waals surface area contributed by atoms with Gasteiger partial charge in [-0.3, -0.25) is 0 Å². The van der Waals surface area contributed by atoms with Crippen molar-refractivity contribution in [3.63, 3.8) is 0 Å². The zero-order valence-electron chi connectivity index (χ0n) is 9.72. The average Bonchev–Trinajstić information content (AvgIpc) is 2.69. The number of nitrogens with zero attached hydrogens (tertiary/aromatic N) is 2.